The largest absolute Gasteiger partial charge is 0.378 e. The number of carbonyl (C=O) groups is 2. The van der Waals surface area contributed by atoms with E-state index in [-0.39, 0.29) is 23.9 Å². The highest BCUT2D eigenvalue weighted by Crippen LogP contribution is 2.40. The molecule has 3 atom stereocenters. The first-order valence-electron chi connectivity index (χ1n) is 10.2. The van der Waals surface area contributed by atoms with E-state index in [1.807, 2.05) is 46.2 Å². The van der Waals surface area contributed by atoms with E-state index in [2.05, 4.69) is 0 Å². The number of fused-ring (bicyclic) bond motifs is 1. The molecule has 1 aliphatic carbocycles. The molecule has 5 heteroatoms. The van der Waals surface area contributed by atoms with E-state index in [0.717, 1.165) is 31.2 Å². The van der Waals surface area contributed by atoms with Gasteiger partial charge in [0.2, 0.25) is 11.8 Å². The molecular weight excluding hydrogens is 340 g/mol. The number of nitrogens with zero attached hydrogens (tertiary/aromatic N) is 2. The third-order valence-corrected chi connectivity index (χ3v) is 6.17. The molecule has 0 aromatic heterocycles. The Labute approximate surface area is 161 Å². The second kappa shape index (κ2) is 8.26. The van der Waals surface area contributed by atoms with Crippen LogP contribution in [-0.4, -0.2) is 60.0 Å². The predicted molar refractivity (Wildman–Crippen MR) is 104 cm³/mol. The van der Waals surface area contributed by atoms with Gasteiger partial charge in [-0.2, -0.15) is 0 Å². The van der Waals surface area contributed by atoms with Crippen molar-refractivity contribution in [2.45, 2.75) is 44.2 Å². The zero-order valence-corrected chi connectivity index (χ0v) is 15.8. The molecular formula is C22H28N2O3. The maximum Gasteiger partial charge on any atom is 0.247 e. The number of likely N-dealkylation sites (tertiary alicyclic amines) is 1. The zero-order valence-electron chi connectivity index (χ0n) is 15.8. The molecule has 3 fully saturated rings. The number of amides is 2. The van der Waals surface area contributed by atoms with Gasteiger partial charge < -0.3 is 14.5 Å². The molecule has 2 heterocycles. The zero-order chi connectivity index (χ0) is 18.6. The number of carbonyl (C=O) groups excluding carboxylic acids is 2. The van der Waals surface area contributed by atoms with Crippen molar-refractivity contribution in [1.82, 2.24) is 9.80 Å². The average Bonchev–Trinajstić information content (AvgIpc) is 3.12. The van der Waals surface area contributed by atoms with Crippen molar-refractivity contribution in [1.29, 1.82) is 0 Å². The van der Waals surface area contributed by atoms with Crippen molar-refractivity contribution in [3.63, 3.8) is 0 Å². The number of hydrogen-bond acceptors (Lipinski definition) is 3. The monoisotopic (exact) mass is 368 g/mol. The van der Waals surface area contributed by atoms with Gasteiger partial charge in [0.25, 0.3) is 0 Å². The van der Waals surface area contributed by atoms with Crippen LogP contribution in [0.1, 0.15) is 37.7 Å². The summed E-state index contributed by atoms with van der Waals surface area (Å²) in [4.78, 5) is 30.1. The summed E-state index contributed by atoms with van der Waals surface area (Å²) in [5.74, 6) is 0.539. The van der Waals surface area contributed by atoms with Gasteiger partial charge in [-0.1, -0.05) is 43.2 Å². The van der Waals surface area contributed by atoms with Crippen molar-refractivity contribution in [2.75, 3.05) is 26.3 Å². The lowest BCUT2D eigenvalue weighted by Crippen LogP contribution is -2.52. The summed E-state index contributed by atoms with van der Waals surface area (Å²) in [6.07, 6.45) is 8.81. The number of rotatable bonds is 3. The third kappa shape index (κ3) is 3.93. The highest BCUT2D eigenvalue weighted by molar-refractivity contribution is 5.96. The van der Waals surface area contributed by atoms with Gasteiger partial charge in [-0.25, -0.2) is 0 Å². The van der Waals surface area contributed by atoms with Crippen molar-refractivity contribution >= 4 is 17.9 Å². The van der Waals surface area contributed by atoms with E-state index in [1.54, 1.807) is 6.08 Å². The van der Waals surface area contributed by atoms with Crippen LogP contribution in [0.25, 0.3) is 6.08 Å². The molecule has 5 nitrogen and oxygen atoms in total. The van der Waals surface area contributed by atoms with Gasteiger partial charge in [0, 0.05) is 25.2 Å². The normalized spacial score (nSPS) is 28.4. The lowest BCUT2D eigenvalue weighted by atomic mass is 9.84. The Morgan fingerprint density at radius 1 is 1.04 bits per heavy atom. The summed E-state index contributed by atoms with van der Waals surface area (Å²) >= 11 is 0. The predicted octanol–water partition coefficient (Wildman–Crippen LogP) is 2.72. The number of hydrogen-bond donors (Lipinski definition) is 0. The topological polar surface area (TPSA) is 49.9 Å². The number of benzene rings is 1. The van der Waals surface area contributed by atoms with Crippen molar-refractivity contribution < 1.29 is 14.3 Å². The summed E-state index contributed by atoms with van der Waals surface area (Å²) in [5, 5.41) is 0. The molecule has 0 spiro atoms. The van der Waals surface area contributed by atoms with Gasteiger partial charge in [0.1, 0.15) is 6.04 Å². The number of ether oxygens (including phenoxy) is 1. The minimum absolute atomic E-state index is 0.0279. The maximum atomic E-state index is 13.2. The van der Waals surface area contributed by atoms with Gasteiger partial charge in [0.15, 0.2) is 0 Å². The molecule has 27 heavy (non-hydrogen) atoms. The van der Waals surface area contributed by atoms with Gasteiger partial charge in [-0.3, -0.25) is 9.59 Å². The lowest BCUT2D eigenvalue weighted by molar-refractivity contribution is -0.146. The van der Waals surface area contributed by atoms with Crippen LogP contribution in [0.15, 0.2) is 36.4 Å². The molecule has 0 radical (unpaired) electrons. The van der Waals surface area contributed by atoms with Crippen LogP contribution in [0, 0.1) is 5.92 Å². The molecule has 3 aliphatic rings. The van der Waals surface area contributed by atoms with Crippen LogP contribution in [0.2, 0.25) is 0 Å². The Balaban J connectivity index is 1.54. The van der Waals surface area contributed by atoms with Gasteiger partial charge in [-0.05, 0) is 36.8 Å². The summed E-state index contributed by atoms with van der Waals surface area (Å²) in [6, 6.07) is 9.74. The second-order valence-electron chi connectivity index (χ2n) is 7.79. The fraction of sp³-hybridized carbons (Fsp3) is 0.545. The lowest BCUT2D eigenvalue weighted by Gasteiger charge is -2.35. The van der Waals surface area contributed by atoms with Crippen molar-refractivity contribution in [2.24, 2.45) is 5.92 Å². The average molecular weight is 368 g/mol. The molecule has 1 saturated carbocycles. The first-order valence-corrected chi connectivity index (χ1v) is 10.2. The van der Waals surface area contributed by atoms with Crippen LogP contribution >= 0.6 is 0 Å². The summed E-state index contributed by atoms with van der Waals surface area (Å²) in [6.45, 7) is 2.44. The fourth-order valence-corrected chi connectivity index (χ4v) is 4.81. The fourth-order valence-electron chi connectivity index (χ4n) is 4.81. The maximum absolute atomic E-state index is 13.2. The van der Waals surface area contributed by atoms with Gasteiger partial charge in [-0.15, -0.1) is 0 Å². The van der Waals surface area contributed by atoms with Gasteiger partial charge >= 0.3 is 0 Å². The molecule has 144 valence electrons. The minimum Gasteiger partial charge on any atom is -0.378 e. The molecule has 0 N–H and O–H groups in total. The van der Waals surface area contributed by atoms with E-state index < -0.39 is 0 Å². The summed E-state index contributed by atoms with van der Waals surface area (Å²) in [7, 11) is 0. The summed E-state index contributed by atoms with van der Waals surface area (Å²) < 4.78 is 5.38. The Hall–Kier alpha value is -2.14. The summed E-state index contributed by atoms with van der Waals surface area (Å²) in [5.41, 5.74) is 1.00. The molecule has 1 aromatic carbocycles. The van der Waals surface area contributed by atoms with E-state index in [4.69, 9.17) is 4.74 Å². The molecule has 3 unspecified atom stereocenters. The Kier molecular flexibility index (Phi) is 5.58. The molecule has 2 amide bonds. The smallest absolute Gasteiger partial charge is 0.247 e. The van der Waals surface area contributed by atoms with E-state index >= 15 is 0 Å². The first-order chi connectivity index (χ1) is 13.2. The van der Waals surface area contributed by atoms with Crippen LogP contribution < -0.4 is 0 Å². The standard InChI is InChI=1S/C22H28N2O3/c25-21(11-10-17-6-2-1-3-7-17)24-19-9-5-4-8-18(19)16-20(24)22(26)23-12-14-27-15-13-23/h1-3,6-7,10-11,18-20H,4-5,8-9,12-16H2/b11-10+. The SMILES string of the molecule is O=C(C1CC2CCCCC2N1C(=O)/C=C/c1ccccc1)N1CCOCC1. The van der Waals surface area contributed by atoms with E-state index in [1.165, 1.54) is 6.42 Å². The third-order valence-electron chi connectivity index (χ3n) is 6.17. The molecule has 4 rings (SSSR count). The molecule has 2 aliphatic heterocycles. The molecule has 1 aromatic rings. The van der Waals surface area contributed by atoms with E-state index in [9.17, 15) is 9.59 Å². The minimum atomic E-state index is -0.316. The van der Waals surface area contributed by atoms with Crippen LogP contribution in [-0.2, 0) is 14.3 Å². The van der Waals surface area contributed by atoms with E-state index in [0.29, 0.717) is 32.2 Å². The highest BCUT2D eigenvalue weighted by Gasteiger charge is 2.47. The van der Waals surface area contributed by atoms with Crippen LogP contribution in [0.3, 0.4) is 0 Å². The first kappa shape index (κ1) is 18.2. The van der Waals surface area contributed by atoms with Crippen LogP contribution in [0.4, 0.5) is 0 Å². The highest BCUT2D eigenvalue weighted by atomic mass is 16.5. The Morgan fingerprint density at radius 3 is 2.56 bits per heavy atom. The molecule has 0 bridgehead atoms. The van der Waals surface area contributed by atoms with Crippen molar-refractivity contribution in [3.8, 4) is 0 Å². The quantitative estimate of drug-likeness (QED) is 0.771. The Morgan fingerprint density at radius 2 is 1.78 bits per heavy atom. The Bertz CT molecular complexity index is 697. The van der Waals surface area contributed by atoms with Crippen molar-refractivity contribution in [3.05, 3.63) is 42.0 Å². The molecule has 2 saturated heterocycles. The number of morpholine rings is 1. The van der Waals surface area contributed by atoms with Gasteiger partial charge in [0.05, 0.1) is 13.2 Å². The second-order valence-corrected chi connectivity index (χ2v) is 7.79. The van der Waals surface area contributed by atoms with Crippen LogP contribution in [0.5, 0.6) is 0 Å².